The van der Waals surface area contributed by atoms with Crippen molar-refractivity contribution in [2.45, 2.75) is 19.1 Å². The molecule has 4 heteroatoms. The molecule has 1 aromatic rings. The maximum atomic E-state index is 13.5. The summed E-state index contributed by atoms with van der Waals surface area (Å²) >= 11 is 0. The molecule has 1 saturated heterocycles. The standard InChI is InChI=1S/C12H16FNO2/c1-14(9-5-6-16-8-9)12-4-2-3-11(13)10(12)7-15/h2-4,9,15H,5-8H2,1H3. The van der Waals surface area contributed by atoms with Crippen molar-refractivity contribution in [1.29, 1.82) is 0 Å². The lowest BCUT2D eigenvalue weighted by Crippen LogP contribution is -2.32. The van der Waals surface area contributed by atoms with Gasteiger partial charge in [0.2, 0.25) is 0 Å². The number of benzene rings is 1. The van der Waals surface area contributed by atoms with Crippen molar-refractivity contribution in [3.05, 3.63) is 29.6 Å². The van der Waals surface area contributed by atoms with Gasteiger partial charge in [-0.2, -0.15) is 0 Å². The number of ether oxygens (including phenoxy) is 1. The summed E-state index contributed by atoms with van der Waals surface area (Å²) in [6.45, 7) is 1.14. The highest BCUT2D eigenvalue weighted by Gasteiger charge is 2.22. The fourth-order valence-electron chi connectivity index (χ4n) is 2.06. The Hall–Kier alpha value is -1.13. The molecule has 16 heavy (non-hydrogen) atoms. The van der Waals surface area contributed by atoms with Gasteiger partial charge < -0.3 is 14.7 Å². The summed E-state index contributed by atoms with van der Waals surface area (Å²) in [4.78, 5) is 1.99. The predicted molar refractivity (Wildman–Crippen MR) is 59.9 cm³/mol. The number of rotatable bonds is 3. The molecule has 2 rings (SSSR count). The van der Waals surface area contributed by atoms with E-state index in [2.05, 4.69) is 0 Å². The Morgan fingerprint density at radius 2 is 2.38 bits per heavy atom. The summed E-state index contributed by atoms with van der Waals surface area (Å²) in [6, 6.07) is 5.13. The molecule has 1 unspecified atom stereocenters. The van der Waals surface area contributed by atoms with Crippen molar-refractivity contribution in [2.24, 2.45) is 0 Å². The van der Waals surface area contributed by atoms with Crippen molar-refractivity contribution in [3.63, 3.8) is 0 Å². The first-order valence-corrected chi connectivity index (χ1v) is 5.43. The molecule has 0 bridgehead atoms. The van der Waals surface area contributed by atoms with Gasteiger partial charge in [0.1, 0.15) is 5.82 Å². The first-order valence-electron chi connectivity index (χ1n) is 5.43. The van der Waals surface area contributed by atoms with Crippen molar-refractivity contribution in [3.8, 4) is 0 Å². The molecular formula is C12H16FNO2. The van der Waals surface area contributed by atoms with Gasteiger partial charge in [-0.15, -0.1) is 0 Å². The molecule has 1 aliphatic rings. The van der Waals surface area contributed by atoms with E-state index in [4.69, 9.17) is 4.74 Å². The summed E-state index contributed by atoms with van der Waals surface area (Å²) in [5.41, 5.74) is 1.11. The summed E-state index contributed by atoms with van der Waals surface area (Å²) in [6.07, 6.45) is 0.942. The molecule has 1 fully saturated rings. The minimum atomic E-state index is -0.356. The van der Waals surface area contributed by atoms with Crippen LogP contribution in [0.25, 0.3) is 0 Å². The summed E-state index contributed by atoms with van der Waals surface area (Å²) in [7, 11) is 1.91. The Kier molecular flexibility index (Phi) is 3.41. The number of hydrogen-bond donors (Lipinski definition) is 1. The number of likely N-dealkylation sites (N-methyl/N-ethyl adjacent to an activating group) is 1. The summed E-state index contributed by atoms with van der Waals surface area (Å²) in [5.74, 6) is -0.356. The molecule has 3 nitrogen and oxygen atoms in total. The Morgan fingerprint density at radius 1 is 1.56 bits per heavy atom. The fourth-order valence-corrected chi connectivity index (χ4v) is 2.06. The highest BCUT2D eigenvalue weighted by Crippen LogP contribution is 2.26. The van der Waals surface area contributed by atoms with Crippen LogP contribution in [0.5, 0.6) is 0 Å². The zero-order valence-electron chi connectivity index (χ0n) is 9.32. The molecule has 1 heterocycles. The summed E-state index contributed by atoms with van der Waals surface area (Å²) < 4.78 is 18.8. The van der Waals surface area contributed by atoms with Crippen LogP contribution in [0.1, 0.15) is 12.0 Å². The molecule has 0 radical (unpaired) electrons. The van der Waals surface area contributed by atoms with Gasteiger partial charge in [-0.05, 0) is 18.6 Å². The molecule has 1 aliphatic heterocycles. The van der Waals surface area contributed by atoms with Crippen molar-refractivity contribution in [2.75, 3.05) is 25.2 Å². The third kappa shape index (κ3) is 2.03. The third-order valence-electron chi connectivity index (χ3n) is 3.09. The second-order valence-electron chi connectivity index (χ2n) is 4.02. The van der Waals surface area contributed by atoms with E-state index in [1.165, 1.54) is 6.07 Å². The lowest BCUT2D eigenvalue weighted by Gasteiger charge is -2.27. The average molecular weight is 225 g/mol. The zero-order chi connectivity index (χ0) is 11.5. The molecule has 88 valence electrons. The zero-order valence-corrected chi connectivity index (χ0v) is 9.32. The second kappa shape index (κ2) is 4.80. The van der Waals surface area contributed by atoms with Crippen LogP contribution >= 0.6 is 0 Å². The SMILES string of the molecule is CN(c1cccc(F)c1CO)C1CCOC1. The van der Waals surface area contributed by atoms with Gasteiger partial charge in [0.05, 0.1) is 19.3 Å². The van der Waals surface area contributed by atoms with Crippen LogP contribution in [0.4, 0.5) is 10.1 Å². The Morgan fingerprint density at radius 3 is 3.00 bits per heavy atom. The molecule has 0 saturated carbocycles. The lowest BCUT2D eigenvalue weighted by atomic mass is 10.1. The van der Waals surface area contributed by atoms with Gasteiger partial charge in [-0.25, -0.2) is 4.39 Å². The number of halogens is 1. The van der Waals surface area contributed by atoms with E-state index < -0.39 is 0 Å². The van der Waals surface area contributed by atoms with Gasteiger partial charge >= 0.3 is 0 Å². The second-order valence-corrected chi connectivity index (χ2v) is 4.02. The van der Waals surface area contributed by atoms with Crippen LogP contribution in [0.15, 0.2) is 18.2 Å². The molecule has 0 aromatic heterocycles. The molecule has 1 N–H and O–H groups in total. The van der Waals surface area contributed by atoms with Crippen LogP contribution < -0.4 is 4.90 Å². The topological polar surface area (TPSA) is 32.7 Å². The first-order chi connectivity index (χ1) is 7.74. The smallest absolute Gasteiger partial charge is 0.130 e. The van der Waals surface area contributed by atoms with Gasteiger partial charge in [-0.1, -0.05) is 6.07 Å². The Balaban J connectivity index is 2.27. The molecule has 0 spiro atoms. The molecule has 0 amide bonds. The van der Waals surface area contributed by atoms with Crippen molar-refractivity contribution in [1.82, 2.24) is 0 Å². The molecule has 0 aliphatic carbocycles. The van der Waals surface area contributed by atoms with E-state index in [-0.39, 0.29) is 18.5 Å². The number of anilines is 1. The van der Waals surface area contributed by atoms with Crippen LogP contribution in [-0.4, -0.2) is 31.4 Å². The van der Waals surface area contributed by atoms with Crippen molar-refractivity contribution < 1.29 is 14.2 Å². The Labute approximate surface area is 94.4 Å². The summed E-state index contributed by atoms with van der Waals surface area (Å²) in [5, 5.41) is 9.19. The van der Waals surface area contributed by atoms with E-state index in [1.54, 1.807) is 6.07 Å². The predicted octanol–water partition coefficient (Wildman–Crippen LogP) is 1.54. The number of aliphatic hydroxyl groups is 1. The van der Waals surface area contributed by atoms with Gasteiger partial charge in [0.15, 0.2) is 0 Å². The minimum absolute atomic E-state index is 0.270. The maximum Gasteiger partial charge on any atom is 0.130 e. The van der Waals surface area contributed by atoms with Crippen LogP contribution in [0, 0.1) is 5.82 Å². The van der Waals surface area contributed by atoms with Gasteiger partial charge in [0, 0.05) is 24.9 Å². The minimum Gasteiger partial charge on any atom is -0.391 e. The van der Waals surface area contributed by atoms with E-state index in [1.807, 2.05) is 18.0 Å². The Bertz CT molecular complexity index is 364. The fraction of sp³-hybridized carbons (Fsp3) is 0.500. The molecular weight excluding hydrogens is 209 g/mol. The number of aliphatic hydroxyl groups excluding tert-OH is 1. The van der Waals surface area contributed by atoms with E-state index in [9.17, 15) is 9.50 Å². The van der Waals surface area contributed by atoms with E-state index >= 15 is 0 Å². The van der Waals surface area contributed by atoms with Crippen LogP contribution in [-0.2, 0) is 11.3 Å². The quantitative estimate of drug-likeness (QED) is 0.847. The van der Waals surface area contributed by atoms with Crippen molar-refractivity contribution >= 4 is 5.69 Å². The largest absolute Gasteiger partial charge is 0.391 e. The van der Waals surface area contributed by atoms with Gasteiger partial charge in [-0.3, -0.25) is 0 Å². The highest BCUT2D eigenvalue weighted by molar-refractivity contribution is 5.54. The maximum absolute atomic E-state index is 13.5. The van der Waals surface area contributed by atoms with Gasteiger partial charge in [0.25, 0.3) is 0 Å². The normalized spacial score (nSPS) is 20.1. The lowest BCUT2D eigenvalue weighted by molar-refractivity contribution is 0.193. The van der Waals surface area contributed by atoms with E-state index in [0.717, 1.165) is 18.7 Å². The number of nitrogens with zero attached hydrogens (tertiary/aromatic N) is 1. The highest BCUT2D eigenvalue weighted by atomic mass is 19.1. The number of hydrogen-bond acceptors (Lipinski definition) is 3. The first kappa shape index (κ1) is 11.4. The van der Waals surface area contributed by atoms with E-state index in [0.29, 0.717) is 12.2 Å². The molecule has 1 aromatic carbocycles. The molecule has 1 atom stereocenters. The third-order valence-corrected chi connectivity index (χ3v) is 3.09. The van der Waals surface area contributed by atoms with Crippen LogP contribution in [0.3, 0.4) is 0 Å². The monoisotopic (exact) mass is 225 g/mol. The average Bonchev–Trinajstić information content (AvgIpc) is 2.81. The van der Waals surface area contributed by atoms with Crippen LogP contribution in [0.2, 0.25) is 0 Å².